The summed E-state index contributed by atoms with van der Waals surface area (Å²) in [5, 5.41) is 19.2. The summed E-state index contributed by atoms with van der Waals surface area (Å²) in [5.41, 5.74) is 1.69. The summed E-state index contributed by atoms with van der Waals surface area (Å²) < 4.78 is 5.18. The lowest BCUT2D eigenvalue weighted by Crippen LogP contribution is -2.17. The number of non-ortho nitro benzene ring substituents is 1. The molecule has 1 aromatic heterocycles. The van der Waals surface area contributed by atoms with Gasteiger partial charge in [0.2, 0.25) is 0 Å². The number of hydrogen-bond donors (Lipinski definition) is 2. The van der Waals surface area contributed by atoms with Crippen LogP contribution in [0, 0.1) is 10.1 Å². The first-order chi connectivity index (χ1) is 9.02. The summed E-state index contributed by atoms with van der Waals surface area (Å²) in [6, 6.07) is 6.69. The molecule has 0 bridgehead atoms. The Morgan fingerprint density at radius 1 is 1.37 bits per heavy atom. The van der Waals surface area contributed by atoms with Crippen LogP contribution in [-0.2, 0) is 0 Å². The lowest BCUT2D eigenvalue weighted by atomic mass is 10.1. The summed E-state index contributed by atoms with van der Waals surface area (Å²) >= 11 is 5.92. The zero-order valence-corrected chi connectivity index (χ0v) is 10.0. The van der Waals surface area contributed by atoms with Gasteiger partial charge in [-0.25, -0.2) is 5.48 Å². The number of rotatable bonds is 3. The molecule has 0 saturated heterocycles. The second-order valence-corrected chi connectivity index (χ2v) is 3.93. The molecule has 1 aromatic carbocycles. The number of furan rings is 1. The van der Waals surface area contributed by atoms with E-state index in [1.807, 2.05) is 0 Å². The van der Waals surface area contributed by atoms with Gasteiger partial charge < -0.3 is 4.42 Å². The first-order valence-electron chi connectivity index (χ1n) is 5.01. The van der Waals surface area contributed by atoms with Gasteiger partial charge in [0.25, 0.3) is 5.69 Å². The second-order valence-electron chi connectivity index (χ2n) is 3.53. The Hall–Kier alpha value is -2.38. The molecule has 0 aliphatic heterocycles. The largest absolute Gasteiger partial charge is 0.451 e. The molecule has 1 heterocycles. The lowest BCUT2D eigenvalue weighted by Gasteiger charge is -2.00. The Morgan fingerprint density at radius 2 is 2.11 bits per heavy atom. The van der Waals surface area contributed by atoms with Crippen LogP contribution in [0.5, 0.6) is 0 Å². The highest BCUT2D eigenvalue weighted by Crippen LogP contribution is 2.32. The Kier molecular flexibility index (Phi) is 3.50. The van der Waals surface area contributed by atoms with Gasteiger partial charge in [0, 0.05) is 17.7 Å². The molecule has 0 spiro atoms. The van der Waals surface area contributed by atoms with Crippen molar-refractivity contribution in [2.75, 3.05) is 0 Å². The molecular weight excluding hydrogens is 276 g/mol. The molecule has 98 valence electrons. The molecule has 0 aliphatic rings. The predicted octanol–water partition coefficient (Wildman–Crippen LogP) is 2.63. The molecule has 8 heteroatoms. The number of benzene rings is 1. The highest BCUT2D eigenvalue weighted by molar-refractivity contribution is 6.33. The second kappa shape index (κ2) is 5.09. The number of halogens is 1. The number of nitrogens with zero attached hydrogens (tertiary/aromatic N) is 1. The van der Waals surface area contributed by atoms with Crippen LogP contribution in [0.4, 0.5) is 5.69 Å². The van der Waals surface area contributed by atoms with Crippen LogP contribution in [0.25, 0.3) is 11.3 Å². The van der Waals surface area contributed by atoms with E-state index in [9.17, 15) is 14.9 Å². The van der Waals surface area contributed by atoms with Gasteiger partial charge in [-0.1, -0.05) is 11.6 Å². The van der Waals surface area contributed by atoms with Crippen molar-refractivity contribution in [2.24, 2.45) is 0 Å². The molecule has 1 amide bonds. The Labute approximate surface area is 111 Å². The number of hydrogen-bond acceptors (Lipinski definition) is 5. The average molecular weight is 283 g/mol. The number of hydroxylamine groups is 1. The Bertz CT molecular complexity index is 652. The van der Waals surface area contributed by atoms with Crippen LogP contribution in [0.1, 0.15) is 10.6 Å². The molecule has 0 saturated carbocycles. The van der Waals surface area contributed by atoms with Crippen molar-refractivity contribution in [2.45, 2.75) is 0 Å². The van der Waals surface area contributed by atoms with Gasteiger partial charge in [-0.05, 0) is 18.2 Å². The summed E-state index contributed by atoms with van der Waals surface area (Å²) in [6.45, 7) is 0. The van der Waals surface area contributed by atoms with E-state index in [1.54, 1.807) is 0 Å². The summed E-state index contributed by atoms with van der Waals surface area (Å²) in [5.74, 6) is -0.644. The van der Waals surface area contributed by atoms with Gasteiger partial charge in [-0.3, -0.25) is 20.1 Å². The number of carbonyl (C=O) groups is 1. The van der Waals surface area contributed by atoms with Crippen LogP contribution >= 0.6 is 11.6 Å². The van der Waals surface area contributed by atoms with E-state index < -0.39 is 10.8 Å². The fourth-order valence-corrected chi connectivity index (χ4v) is 1.75. The van der Waals surface area contributed by atoms with Crippen molar-refractivity contribution in [3.05, 3.63) is 51.2 Å². The smallest absolute Gasteiger partial charge is 0.310 e. The Morgan fingerprint density at radius 3 is 2.68 bits per heavy atom. The molecule has 2 N–H and O–H groups in total. The van der Waals surface area contributed by atoms with Gasteiger partial charge in [0.05, 0.1) is 9.95 Å². The van der Waals surface area contributed by atoms with E-state index in [1.165, 1.54) is 35.8 Å². The minimum atomic E-state index is -0.802. The maximum absolute atomic E-state index is 11.1. The van der Waals surface area contributed by atoms with Crippen molar-refractivity contribution >= 4 is 23.2 Å². The fourth-order valence-electron chi connectivity index (χ4n) is 1.48. The molecular formula is C11H7ClN2O5. The van der Waals surface area contributed by atoms with Crippen molar-refractivity contribution in [1.29, 1.82) is 0 Å². The highest BCUT2D eigenvalue weighted by atomic mass is 35.5. The van der Waals surface area contributed by atoms with Gasteiger partial charge in [-0.15, -0.1) is 0 Å². The number of amides is 1. The van der Waals surface area contributed by atoms with Crippen LogP contribution in [-0.4, -0.2) is 16.0 Å². The summed E-state index contributed by atoms with van der Waals surface area (Å²) in [4.78, 5) is 21.1. The third-order valence-corrected chi connectivity index (χ3v) is 2.67. The van der Waals surface area contributed by atoms with E-state index in [-0.39, 0.29) is 22.2 Å². The summed E-state index contributed by atoms with van der Waals surface area (Å²) in [6.07, 6.45) is 0. The normalized spacial score (nSPS) is 10.2. The van der Waals surface area contributed by atoms with E-state index in [2.05, 4.69) is 0 Å². The minimum Gasteiger partial charge on any atom is -0.451 e. The third kappa shape index (κ3) is 2.56. The minimum absolute atomic E-state index is 0.105. The molecule has 2 aromatic rings. The zero-order chi connectivity index (χ0) is 14.0. The fraction of sp³-hybridized carbons (Fsp3) is 0. The predicted molar refractivity (Wildman–Crippen MR) is 65.1 cm³/mol. The van der Waals surface area contributed by atoms with Crippen molar-refractivity contribution in [3.63, 3.8) is 0 Å². The van der Waals surface area contributed by atoms with Crippen molar-refractivity contribution < 1.29 is 19.3 Å². The van der Waals surface area contributed by atoms with E-state index in [0.29, 0.717) is 5.56 Å². The van der Waals surface area contributed by atoms with Crippen LogP contribution < -0.4 is 5.48 Å². The van der Waals surface area contributed by atoms with E-state index in [0.717, 1.165) is 0 Å². The quantitative estimate of drug-likeness (QED) is 0.511. The first-order valence-corrected chi connectivity index (χ1v) is 5.39. The van der Waals surface area contributed by atoms with E-state index >= 15 is 0 Å². The maximum Gasteiger partial charge on any atom is 0.310 e. The molecule has 0 aliphatic carbocycles. The standard InChI is InChI=1S/C11H7ClN2O5/c12-8-5-6(14(17)18)1-2-7(8)9-3-4-10(19-9)11(15)13-16/h1-5,16H,(H,13,15). The highest BCUT2D eigenvalue weighted by Gasteiger charge is 2.15. The third-order valence-electron chi connectivity index (χ3n) is 2.36. The molecule has 19 heavy (non-hydrogen) atoms. The first kappa shape index (κ1) is 13.1. The monoisotopic (exact) mass is 282 g/mol. The number of nitro benzene ring substituents is 1. The lowest BCUT2D eigenvalue weighted by molar-refractivity contribution is -0.384. The number of nitro groups is 1. The van der Waals surface area contributed by atoms with Crippen molar-refractivity contribution in [1.82, 2.24) is 5.48 Å². The van der Waals surface area contributed by atoms with Gasteiger partial charge in [-0.2, -0.15) is 0 Å². The number of nitrogens with one attached hydrogen (secondary N) is 1. The van der Waals surface area contributed by atoms with Gasteiger partial charge >= 0.3 is 5.91 Å². The van der Waals surface area contributed by atoms with Crippen molar-refractivity contribution in [3.8, 4) is 11.3 Å². The molecule has 0 unspecified atom stereocenters. The Balaban J connectivity index is 2.39. The van der Waals surface area contributed by atoms with Crippen LogP contribution in [0.2, 0.25) is 5.02 Å². The summed E-state index contributed by atoms with van der Waals surface area (Å²) in [7, 11) is 0. The average Bonchev–Trinajstić information content (AvgIpc) is 2.87. The topological polar surface area (TPSA) is 106 Å². The molecule has 0 fully saturated rings. The SMILES string of the molecule is O=C(NO)c1ccc(-c2ccc([N+](=O)[O-])cc2Cl)o1. The molecule has 2 rings (SSSR count). The molecule has 7 nitrogen and oxygen atoms in total. The maximum atomic E-state index is 11.1. The van der Waals surface area contributed by atoms with Gasteiger partial charge in [0.15, 0.2) is 5.76 Å². The van der Waals surface area contributed by atoms with Gasteiger partial charge in [0.1, 0.15) is 5.76 Å². The van der Waals surface area contributed by atoms with Crippen LogP contribution in [0.3, 0.4) is 0 Å². The van der Waals surface area contributed by atoms with Crippen LogP contribution in [0.15, 0.2) is 34.7 Å². The number of carbonyl (C=O) groups excluding carboxylic acids is 1. The van der Waals surface area contributed by atoms with E-state index in [4.69, 9.17) is 21.2 Å². The molecule has 0 atom stereocenters. The zero-order valence-electron chi connectivity index (χ0n) is 9.29. The molecule has 0 radical (unpaired) electrons.